The largest absolute Gasteiger partial charge is 0.353 e. The minimum Gasteiger partial charge on any atom is -0.353 e. The van der Waals surface area contributed by atoms with Gasteiger partial charge in [-0.1, -0.05) is 71.1 Å². The van der Waals surface area contributed by atoms with Gasteiger partial charge in [-0.2, -0.15) is 0 Å². The van der Waals surface area contributed by atoms with Gasteiger partial charge in [-0.25, -0.2) is 0 Å². The van der Waals surface area contributed by atoms with Crippen molar-refractivity contribution in [2.75, 3.05) is 19.6 Å². The van der Waals surface area contributed by atoms with Crippen molar-refractivity contribution in [2.45, 2.75) is 128 Å². The predicted octanol–water partition coefficient (Wildman–Crippen LogP) is 4.25. The Morgan fingerprint density at radius 3 is 2.23 bits per heavy atom. The zero-order valence-electron chi connectivity index (χ0n) is 20.2. The van der Waals surface area contributed by atoms with Crippen LogP contribution < -0.4 is 16.8 Å². The van der Waals surface area contributed by atoms with Crippen molar-refractivity contribution in [1.29, 1.82) is 0 Å². The van der Waals surface area contributed by atoms with Crippen LogP contribution in [0.3, 0.4) is 0 Å². The number of carbonyl (C=O) groups is 2. The molecule has 2 amide bonds. The standard InChI is InChI=1S/C25H50N4O2/c1-2-3-4-5-6-7-8-9-10-11-18-24(30)29-20-15-13-16-22(29)21-28-25(31)23(27)17-12-14-19-26/h22-23H,2-21,26-27H2,1H3,(H,28,31)/t22?,23-/m1/s1. The Morgan fingerprint density at radius 1 is 0.935 bits per heavy atom. The molecule has 0 radical (unpaired) electrons. The third-order valence-corrected chi connectivity index (χ3v) is 6.51. The second kappa shape index (κ2) is 18.4. The third kappa shape index (κ3) is 13.1. The molecule has 1 rings (SSSR count). The van der Waals surface area contributed by atoms with Crippen LogP contribution >= 0.6 is 0 Å². The average molecular weight is 439 g/mol. The summed E-state index contributed by atoms with van der Waals surface area (Å²) in [6.45, 7) is 4.23. The van der Waals surface area contributed by atoms with Crippen LogP contribution in [0.25, 0.3) is 0 Å². The highest BCUT2D eigenvalue weighted by Gasteiger charge is 2.27. The summed E-state index contributed by atoms with van der Waals surface area (Å²) < 4.78 is 0. The Labute approximate surface area is 191 Å². The van der Waals surface area contributed by atoms with Crippen molar-refractivity contribution in [3.05, 3.63) is 0 Å². The van der Waals surface area contributed by atoms with E-state index >= 15 is 0 Å². The van der Waals surface area contributed by atoms with Crippen LogP contribution in [0, 0.1) is 0 Å². The quantitative estimate of drug-likeness (QED) is 0.278. The highest BCUT2D eigenvalue weighted by Crippen LogP contribution is 2.19. The van der Waals surface area contributed by atoms with Crippen LogP contribution in [-0.4, -0.2) is 48.4 Å². The van der Waals surface area contributed by atoms with Crippen LogP contribution in [0.15, 0.2) is 0 Å². The molecule has 6 nitrogen and oxygen atoms in total. The lowest BCUT2D eigenvalue weighted by Gasteiger charge is -2.36. The van der Waals surface area contributed by atoms with Crippen LogP contribution in [-0.2, 0) is 9.59 Å². The molecule has 6 heteroatoms. The van der Waals surface area contributed by atoms with Crippen molar-refractivity contribution < 1.29 is 9.59 Å². The molecule has 1 heterocycles. The van der Waals surface area contributed by atoms with Crippen molar-refractivity contribution in [2.24, 2.45) is 11.5 Å². The molecule has 1 unspecified atom stereocenters. The Balaban J connectivity index is 2.20. The van der Waals surface area contributed by atoms with Crippen LogP contribution in [0.2, 0.25) is 0 Å². The molecule has 0 aliphatic carbocycles. The van der Waals surface area contributed by atoms with Gasteiger partial charge in [0.15, 0.2) is 0 Å². The lowest BCUT2D eigenvalue weighted by atomic mass is 10.0. The molecule has 1 fully saturated rings. The number of nitrogens with zero attached hydrogens (tertiary/aromatic N) is 1. The van der Waals surface area contributed by atoms with Gasteiger partial charge in [0.2, 0.25) is 11.8 Å². The number of piperidine rings is 1. The van der Waals surface area contributed by atoms with Gasteiger partial charge in [-0.05, 0) is 45.1 Å². The zero-order chi connectivity index (χ0) is 22.7. The number of amides is 2. The number of hydrogen-bond donors (Lipinski definition) is 3. The number of nitrogens with two attached hydrogens (primary N) is 2. The van der Waals surface area contributed by atoms with Crippen molar-refractivity contribution >= 4 is 11.8 Å². The van der Waals surface area contributed by atoms with Crippen LogP contribution in [0.4, 0.5) is 0 Å². The number of rotatable bonds is 18. The highest BCUT2D eigenvalue weighted by molar-refractivity contribution is 5.81. The van der Waals surface area contributed by atoms with E-state index in [0.717, 1.165) is 51.5 Å². The van der Waals surface area contributed by atoms with Crippen LogP contribution in [0.5, 0.6) is 0 Å². The topological polar surface area (TPSA) is 101 Å². The first-order chi connectivity index (χ1) is 15.1. The monoisotopic (exact) mass is 438 g/mol. The van der Waals surface area contributed by atoms with E-state index in [4.69, 9.17) is 11.5 Å². The molecule has 5 N–H and O–H groups in total. The molecule has 1 aliphatic heterocycles. The maximum absolute atomic E-state index is 12.8. The number of carbonyl (C=O) groups excluding carboxylic acids is 2. The first-order valence-corrected chi connectivity index (χ1v) is 13.1. The first-order valence-electron chi connectivity index (χ1n) is 13.1. The molecular formula is C25H50N4O2. The summed E-state index contributed by atoms with van der Waals surface area (Å²) in [5, 5.41) is 2.98. The van der Waals surface area contributed by atoms with E-state index in [9.17, 15) is 9.59 Å². The van der Waals surface area contributed by atoms with E-state index < -0.39 is 6.04 Å². The minimum atomic E-state index is -0.481. The smallest absolute Gasteiger partial charge is 0.236 e. The normalized spacial score (nSPS) is 17.5. The van der Waals surface area contributed by atoms with Gasteiger partial charge in [0.25, 0.3) is 0 Å². The second-order valence-electron chi connectivity index (χ2n) is 9.30. The fourth-order valence-corrected chi connectivity index (χ4v) is 4.44. The molecular weight excluding hydrogens is 388 g/mol. The molecule has 31 heavy (non-hydrogen) atoms. The fraction of sp³-hybridized carbons (Fsp3) is 0.920. The SMILES string of the molecule is CCCCCCCCCCCCC(=O)N1CCCCC1CNC(=O)[C@H](N)CCCCN. The first kappa shape index (κ1) is 27.9. The third-order valence-electron chi connectivity index (χ3n) is 6.51. The summed E-state index contributed by atoms with van der Waals surface area (Å²) in [4.78, 5) is 27.0. The van der Waals surface area contributed by atoms with Gasteiger partial charge in [0.1, 0.15) is 0 Å². The van der Waals surface area contributed by atoms with E-state index in [-0.39, 0.29) is 17.9 Å². The van der Waals surface area contributed by atoms with Crippen molar-refractivity contribution in [3.63, 3.8) is 0 Å². The Hall–Kier alpha value is -1.14. The number of likely N-dealkylation sites (tertiary alicyclic amines) is 1. The summed E-state index contributed by atoms with van der Waals surface area (Å²) in [6.07, 6.45) is 19.0. The lowest BCUT2D eigenvalue weighted by Crippen LogP contribution is -2.51. The summed E-state index contributed by atoms with van der Waals surface area (Å²) in [6, 6.07) is -0.365. The minimum absolute atomic E-state index is 0.107. The molecule has 0 aromatic carbocycles. The van der Waals surface area contributed by atoms with E-state index in [0.29, 0.717) is 25.9 Å². The molecule has 2 atom stereocenters. The van der Waals surface area contributed by atoms with Gasteiger partial charge >= 0.3 is 0 Å². The fourth-order valence-electron chi connectivity index (χ4n) is 4.44. The Bertz CT molecular complexity index is 472. The molecule has 182 valence electrons. The zero-order valence-corrected chi connectivity index (χ0v) is 20.2. The Kier molecular flexibility index (Phi) is 16.6. The van der Waals surface area contributed by atoms with Gasteiger partial charge in [-0.3, -0.25) is 9.59 Å². The van der Waals surface area contributed by atoms with E-state index in [2.05, 4.69) is 12.2 Å². The predicted molar refractivity (Wildman–Crippen MR) is 130 cm³/mol. The summed E-state index contributed by atoms with van der Waals surface area (Å²) in [5.74, 6) is 0.149. The highest BCUT2D eigenvalue weighted by atomic mass is 16.2. The number of nitrogens with one attached hydrogen (secondary N) is 1. The van der Waals surface area contributed by atoms with Gasteiger partial charge < -0.3 is 21.7 Å². The van der Waals surface area contributed by atoms with Gasteiger partial charge in [-0.15, -0.1) is 0 Å². The molecule has 0 aromatic rings. The molecule has 1 aliphatic rings. The summed E-state index contributed by atoms with van der Waals surface area (Å²) in [7, 11) is 0. The summed E-state index contributed by atoms with van der Waals surface area (Å²) in [5.41, 5.74) is 11.5. The number of hydrogen-bond acceptors (Lipinski definition) is 4. The Morgan fingerprint density at radius 2 is 1.58 bits per heavy atom. The van der Waals surface area contributed by atoms with E-state index in [1.54, 1.807) is 0 Å². The maximum atomic E-state index is 12.8. The second-order valence-corrected chi connectivity index (χ2v) is 9.30. The maximum Gasteiger partial charge on any atom is 0.236 e. The molecule has 0 bridgehead atoms. The van der Waals surface area contributed by atoms with Crippen molar-refractivity contribution in [3.8, 4) is 0 Å². The average Bonchev–Trinajstić information content (AvgIpc) is 2.78. The lowest BCUT2D eigenvalue weighted by molar-refractivity contribution is -0.135. The van der Waals surface area contributed by atoms with E-state index in [1.165, 1.54) is 51.4 Å². The molecule has 0 aromatic heterocycles. The van der Waals surface area contributed by atoms with Gasteiger partial charge in [0.05, 0.1) is 6.04 Å². The molecule has 0 saturated carbocycles. The van der Waals surface area contributed by atoms with E-state index in [1.807, 2.05) is 4.90 Å². The van der Waals surface area contributed by atoms with Gasteiger partial charge in [0, 0.05) is 25.6 Å². The molecule has 0 spiro atoms. The van der Waals surface area contributed by atoms with Crippen LogP contribution in [0.1, 0.15) is 116 Å². The van der Waals surface area contributed by atoms with Crippen molar-refractivity contribution in [1.82, 2.24) is 10.2 Å². The number of unbranched alkanes of at least 4 members (excludes halogenated alkanes) is 10. The molecule has 1 saturated heterocycles. The summed E-state index contributed by atoms with van der Waals surface area (Å²) >= 11 is 0.